The SMILES string of the molecule is Cc1ccc(NC(=O)NCC2(O)CCCCCC2)c(C)c1. The first-order chi connectivity index (χ1) is 9.98. The van der Waals surface area contributed by atoms with Gasteiger partial charge in [0.15, 0.2) is 0 Å². The van der Waals surface area contributed by atoms with Crippen molar-refractivity contribution >= 4 is 11.7 Å². The van der Waals surface area contributed by atoms with Crippen LogP contribution in [0.4, 0.5) is 10.5 Å². The number of rotatable bonds is 3. The molecule has 0 radical (unpaired) electrons. The molecule has 0 saturated heterocycles. The van der Waals surface area contributed by atoms with Gasteiger partial charge in [-0.1, -0.05) is 43.4 Å². The lowest BCUT2D eigenvalue weighted by Crippen LogP contribution is -2.44. The zero-order chi connectivity index (χ0) is 15.3. The molecule has 1 aromatic rings. The Kier molecular flexibility index (Phi) is 5.23. The third kappa shape index (κ3) is 4.74. The minimum Gasteiger partial charge on any atom is -0.388 e. The quantitative estimate of drug-likeness (QED) is 0.746. The molecule has 1 saturated carbocycles. The highest BCUT2D eigenvalue weighted by molar-refractivity contribution is 5.90. The van der Waals surface area contributed by atoms with E-state index in [0.717, 1.165) is 36.9 Å². The van der Waals surface area contributed by atoms with Crippen molar-refractivity contribution in [1.29, 1.82) is 0 Å². The predicted octanol–water partition coefficient (Wildman–Crippen LogP) is 3.51. The molecule has 1 fully saturated rings. The maximum absolute atomic E-state index is 12.0. The molecule has 21 heavy (non-hydrogen) atoms. The van der Waals surface area contributed by atoms with E-state index in [9.17, 15) is 9.90 Å². The number of carbonyl (C=O) groups is 1. The van der Waals surface area contributed by atoms with Crippen LogP contribution >= 0.6 is 0 Å². The van der Waals surface area contributed by atoms with Crippen molar-refractivity contribution in [2.45, 2.75) is 58.0 Å². The van der Waals surface area contributed by atoms with Gasteiger partial charge in [0, 0.05) is 12.2 Å². The van der Waals surface area contributed by atoms with E-state index in [-0.39, 0.29) is 6.03 Å². The molecule has 0 heterocycles. The lowest BCUT2D eigenvalue weighted by Gasteiger charge is -2.26. The molecule has 1 aliphatic rings. The number of hydrogen-bond donors (Lipinski definition) is 3. The Morgan fingerprint density at radius 3 is 2.48 bits per heavy atom. The van der Waals surface area contributed by atoms with Gasteiger partial charge in [0.1, 0.15) is 0 Å². The third-order valence-electron chi connectivity index (χ3n) is 4.24. The van der Waals surface area contributed by atoms with Gasteiger partial charge in [0.25, 0.3) is 0 Å². The fourth-order valence-corrected chi connectivity index (χ4v) is 2.93. The average molecular weight is 290 g/mol. The average Bonchev–Trinajstić information content (AvgIpc) is 2.65. The molecule has 0 atom stereocenters. The predicted molar refractivity (Wildman–Crippen MR) is 85.6 cm³/mol. The second-order valence-electron chi connectivity index (χ2n) is 6.26. The molecular weight excluding hydrogens is 264 g/mol. The van der Waals surface area contributed by atoms with Crippen LogP contribution in [0, 0.1) is 13.8 Å². The Bertz CT molecular complexity index is 492. The van der Waals surface area contributed by atoms with Crippen molar-refractivity contribution in [3.63, 3.8) is 0 Å². The van der Waals surface area contributed by atoms with Gasteiger partial charge in [-0.05, 0) is 38.3 Å². The van der Waals surface area contributed by atoms with Gasteiger partial charge < -0.3 is 15.7 Å². The molecule has 0 unspecified atom stereocenters. The molecule has 116 valence electrons. The van der Waals surface area contributed by atoms with Crippen LogP contribution in [0.2, 0.25) is 0 Å². The number of aryl methyl sites for hydroxylation is 2. The van der Waals surface area contributed by atoms with Gasteiger partial charge >= 0.3 is 6.03 Å². The molecule has 4 nitrogen and oxygen atoms in total. The fraction of sp³-hybridized carbons (Fsp3) is 0.588. The number of carbonyl (C=O) groups excluding carboxylic acids is 1. The van der Waals surface area contributed by atoms with Crippen molar-refractivity contribution in [2.24, 2.45) is 0 Å². The summed E-state index contributed by atoms with van der Waals surface area (Å²) in [4.78, 5) is 12.0. The van der Waals surface area contributed by atoms with E-state index in [0.29, 0.717) is 6.54 Å². The van der Waals surface area contributed by atoms with Crippen molar-refractivity contribution in [3.8, 4) is 0 Å². The van der Waals surface area contributed by atoms with Crippen molar-refractivity contribution < 1.29 is 9.90 Å². The summed E-state index contributed by atoms with van der Waals surface area (Å²) < 4.78 is 0. The maximum atomic E-state index is 12.0. The third-order valence-corrected chi connectivity index (χ3v) is 4.24. The van der Waals surface area contributed by atoms with Crippen LogP contribution < -0.4 is 10.6 Å². The number of benzene rings is 1. The van der Waals surface area contributed by atoms with E-state index in [1.807, 2.05) is 32.0 Å². The zero-order valence-corrected chi connectivity index (χ0v) is 13.0. The summed E-state index contributed by atoms with van der Waals surface area (Å²) in [5.41, 5.74) is 2.28. The fourth-order valence-electron chi connectivity index (χ4n) is 2.93. The highest BCUT2D eigenvalue weighted by Gasteiger charge is 2.28. The summed E-state index contributed by atoms with van der Waals surface area (Å²) in [6.45, 7) is 4.32. The summed E-state index contributed by atoms with van der Waals surface area (Å²) in [6.07, 6.45) is 5.98. The molecule has 0 aliphatic heterocycles. The van der Waals surface area contributed by atoms with E-state index < -0.39 is 5.60 Å². The molecule has 0 spiro atoms. The molecular formula is C17H26N2O2. The molecule has 4 heteroatoms. The number of aliphatic hydroxyl groups is 1. The topological polar surface area (TPSA) is 61.4 Å². The van der Waals surface area contributed by atoms with E-state index in [1.54, 1.807) is 0 Å². The number of hydrogen-bond acceptors (Lipinski definition) is 2. The summed E-state index contributed by atoms with van der Waals surface area (Å²) in [7, 11) is 0. The van der Waals surface area contributed by atoms with Crippen molar-refractivity contribution in [1.82, 2.24) is 5.32 Å². The minimum absolute atomic E-state index is 0.250. The summed E-state index contributed by atoms with van der Waals surface area (Å²) in [5, 5.41) is 16.2. The summed E-state index contributed by atoms with van der Waals surface area (Å²) >= 11 is 0. The van der Waals surface area contributed by atoms with Gasteiger partial charge in [-0.25, -0.2) is 4.79 Å². The Balaban J connectivity index is 1.86. The van der Waals surface area contributed by atoms with Gasteiger partial charge in [0.05, 0.1) is 5.60 Å². The standard InChI is InChI=1S/C17H26N2O2/c1-13-7-8-15(14(2)11-13)19-16(20)18-12-17(21)9-5-3-4-6-10-17/h7-8,11,21H,3-6,9-10,12H2,1-2H3,(H2,18,19,20). The molecule has 1 aliphatic carbocycles. The van der Waals surface area contributed by atoms with Gasteiger partial charge in [-0.3, -0.25) is 0 Å². The van der Waals surface area contributed by atoms with Crippen LogP contribution in [0.15, 0.2) is 18.2 Å². The van der Waals surface area contributed by atoms with Gasteiger partial charge in [0.2, 0.25) is 0 Å². The molecule has 1 aromatic carbocycles. The maximum Gasteiger partial charge on any atom is 0.319 e. The van der Waals surface area contributed by atoms with E-state index in [4.69, 9.17) is 0 Å². The lowest BCUT2D eigenvalue weighted by atomic mass is 9.95. The van der Waals surface area contributed by atoms with Crippen molar-refractivity contribution in [2.75, 3.05) is 11.9 Å². The summed E-state index contributed by atoms with van der Waals surface area (Å²) in [6, 6.07) is 5.67. The summed E-state index contributed by atoms with van der Waals surface area (Å²) in [5.74, 6) is 0. The second-order valence-corrected chi connectivity index (χ2v) is 6.26. The lowest BCUT2D eigenvalue weighted by molar-refractivity contribution is 0.0281. The highest BCUT2D eigenvalue weighted by atomic mass is 16.3. The Morgan fingerprint density at radius 2 is 1.86 bits per heavy atom. The van der Waals surface area contributed by atoms with Crippen LogP contribution in [0.3, 0.4) is 0 Å². The Morgan fingerprint density at radius 1 is 1.19 bits per heavy atom. The van der Waals surface area contributed by atoms with Crippen LogP contribution in [-0.2, 0) is 0 Å². The normalized spacial score (nSPS) is 17.9. The largest absolute Gasteiger partial charge is 0.388 e. The highest BCUT2D eigenvalue weighted by Crippen LogP contribution is 2.26. The Hall–Kier alpha value is -1.55. The smallest absolute Gasteiger partial charge is 0.319 e. The molecule has 0 bridgehead atoms. The van der Waals surface area contributed by atoms with E-state index in [2.05, 4.69) is 10.6 Å². The van der Waals surface area contributed by atoms with E-state index in [1.165, 1.54) is 18.4 Å². The first kappa shape index (κ1) is 15.8. The number of amides is 2. The second kappa shape index (κ2) is 6.94. The van der Waals surface area contributed by atoms with E-state index >= 15 is 0 Å². The number of nitrogens with one attached hydrogen (secondary N) is 2. The van der Waals surface area contributed by atoms with Crippen LogP contribution in [0.1, 0.15) is 49.7 Å². The first-order valence-electron chi connectivity index (χ1n) is 7.83. The first-order valence-corrected chi connectivity index (χ1v) is 7.83. The number of urea groups is 1. The zero-order valence-electron chi connectivity index (χ0n) is 13.0. The molecule has 2 amide bonds. The monoisotopic (exact) mass is 290 g/mol. The molecule has 3 N–H and O–H groups in total. The van der Waals surface area contributed by atoms with Crippen molar-refractivity contribution in [3.05, 3.63) is 29.3 Å². The molecule has 0 aromatic heterocycles. The Labute approximate surface area is 126 Å². The minimum atomic E-state index is -0.740. The van der Waals surface area contributed by atoms with Crippen LogP contribution in [-0.4, -0.2) is 23.3 Å². The van der Waals surface area contributed by atoms with Crippen LogP contribution in [0.25, 0.3) is 0 Å². The van der Waals surface area contributed by atoms with Crippen LogP contribution in [0.5, 0.6) is 0 Å². The van der Waals surface area contributed by atoms with Gasteiger partial charge in [-0.2, -0.15) is 0 Å². The van der Waals surface area contributed by atoms with Gasteiger partial charge in [-0.15, -0.1) is 0 Å². The number of anilines is 1. The molecule has 2 rings (SSSR count).